The molecule has 2 aromatic rings. The Morgan fingerprint density at radius 1 is 1.29 bits per heavy atom. The molecule has 0 saturated carbocycles. The fraction of sp³-hybridized carbons (Fsp3) is 0.133. The fourth-order valence-electron chi connectivity index (χ4n) is 1.90. The normalized spacial score (nSPS) is 10.1. The lowest BCUT2D eigenvalue weighted by atomic mass is 10.2. The zero-order valence-corrected chi connectivity index (χ0v) is 14.1. The molecular formula is C15H13BrFN3O4. The van der Waals surface area contributed by atoms with Crippen molar-refractivity contribution in [2.45, 2.75) is 0 Å². The van der Waals surface area contributed by atoms with Gasteiger partial charge >= 0.3 is 0 Å². The van der Waals surface area contributed by atoms with E-state index >= 15 is 0 Å². The number of nitrogens with zero attached hydrogens (tertiary/aromatic N) is 1. The number of rotatable bonds is 6. The summed E-state index contributed by atoms with van der Waals surface area (Å²) in [7, 11) is 1.38. The molecular weight excluding hydrogens is 385 g/mol. The number of nitrogens with one attached hydrogen (secondary N) is 2. The van der Waals surface area contributed by atoms with Crippen LogP contribution in [0.15, 0.2) is 40.9 Å². The van der Waals surface area contributed by atoms with Crippen molar-refractivity contribution >= 4 is 38.9 Å². The standard InChI is InChI=1S/C15H13BrFN3O4/c1-24-10-3-5-13(14(7-10)20(22)23)19-15(21)8-18-12-4-2-9(16)6-11(12)17/h2-7,18H,8H2,1H3,(H,19,21). The van der Waals surface area contributed by atoms with Gasteiger partial charge in [-0.05, 0) is 30.3 Å². The monoisotopic (exact) mass is 397 g/mol. The Balaban J connectivity index is 2.05. The highest BCUT2D eigenvalue weighted by Crippen LogP contribution is 2.29. The summed E-state index contributed by atoms with van der Waals surface area (Å²) in [5.41, 5.74) is -0.112. The smallest absolute Gasteiger partial charge is 0.296 e. The van der Waals surface area contributed by atoms with Gasteiger partial charge in [-0.25, -0.2) is 4.39 Å². The van der Waals surface area contributed by atoms with Gasteiger partial charge in [-0.3, -0.25) is 14.9 Å². The highest BCUT2D eigenvalue weighted by Gasteiger charge is 2.17. The third kappa shape index (κ3) is 4.42. The number of nitro benzene ring substituents is 1. The summed E-state index contributed by atoms with van der Waals surface area (Å²) < 4.78 is 19.1. The van der Waals surface area contributed by atoms with Crippen LogP contribution >= 0.6 is 15.9 Å². The molecule has 0 bridgehead atoms. The topological polar surface area (TPSA) is 93.5 Å². The van der Waals surface area contributed by atoms with Crippen LogP contribution in [0.5, 0.6) is 5.75 Å². The largest absolute Gasteiger partial charge is 0.496 e. The number of carbonyl (C=O) groups excluding carboxylic acids is 1. The van der Waals surface area contributed by atoms with Crippen molar-refractivity contribution in [1.82, 2.24) is 0 Å². The number of methoxy groups -OCH3 is 1. The van der Waals surface area contributed by atoms with Crippen LogP contribution in [0.1, 0.15) is 0 Å². The van der Waals surface area contributed by atoms with Crippen molar-refractivity contribution in [3.63, 3.8) is 0 Å². The zero-order valence-electron chi connectivity index (χ0n) is 12.5. The Kier molecular flexibility index (Phi) is 5.69. The van der Waals surface area contributed by atoms with Gasteiger partial charge in [0.05, 0.1) is 30.3 Å². The minimum atomic E-state index is -0.625. The van der Waals surface area contributed by atoms with Crippen LogP contribution < -0.4 is 15.4 Å². The number of carbonyl (C=O) groups is 1. The third-order valence-electron chi connectivity index (χ3n) is 3.05. The average Bonchev–Trinajstić information content (AvgIpc) is 2.54. The SMILES string of the molecule is COc1ccc(NC(=O)CNc2ccc(Br)cc2F)c([N+](=O)[O-])c1. The first-order valence-electron chi connectivity index (χ1n) is 6.72. The molecule has 0 saturated heterocycles. The van der Waals surface area contributed by atoms with E-state index in [1.165, 1.54) is 37.4 Å². The van der Waals surface area contributed by atoms with Crippen LogP contribution in [-0.4, -0.2) is 24.5 Å². The second kappa shape index (κ2) is 7.73. The first-order chi connectivity index (χ1) is 11.4. The highest BCUT2D eigenvalue weighted by molar-refractivity contribution is 9.10. The molecule has 0 spiro atoms. The number of anilines is 2. The van der Waals surface area contributed by atoms with Crippen LogP contribution in [0, 0.1) is 15.9 Å². The average molecular weight is 398 g/mol. The van der Waals surface area contributed by atoms with Crippen molar-refractivity contribution in [3.05, 3.63) is 56.8 Å². The molecule has 0 aliphatic rings. The predicted molar refractivity (Wildman–Crippen MR) is 90.9 cm³/mol. The van der Waals surface area contributed by atoms with Crippen molar-refractivity contribution in [2.75, 3.05) is 24.3 Å². The maximum atomic E-state index is 13.7. The van der Waals surface area contributed by atoms with Crippen LogP contribution in [0.4, 0.5) is 21.5 Å². The Labute approximate surface area is 145 Å². The lowest BCUT2D eigenvalue weighted by Gasteiger charge is -2.10. The molecule has 0 aliphatic carbocycles. The lowest BCUT2D eigenvalue weighted by molar-refractivity contribution is -0.384. The van der Waals surface area contributed by atoms with Gasteiger partial charge < -0.3 is 15.4 Å². The van der Waals surface area contributed by atoms with Crippen LogP contribution in [-0.2, 0) is 4.79 Å². The Morgan fingerprint density at radius 2 is 2.00 bits per heavy atom. The minimum absolute atomic E-state index is 0.0314. The van der Waals surface area contributed by atoms with Crippen molar-refractivity contribution in [1.29, 1.82) is 0 Å². The molecule has 24 heavy (non-hydrogen) atoms. The number of nitro groups is 1. The molecule has 1 amide bonds. The predicted octanol–water partition coefficient (Wildman–Crippen LogP) is 3.56. The van der Waals surface area contributed by atoms with Gasteiger partial charge in [-0.1, -0.05) is 15.9 Å². The molecule has 0 unspecified atom stereocenters. The minimum Gasteiger partial charge on any atom is -0.496 e. The molecule has 2 aromatic carbocycles. The number of ether oxygens (including phenoxy) is 1. The molecule has 0 fully saturated rings. The third-order valence-corrected chi connectivity index (χ3v) is 3.54. The van der Waals surface area contributed by atoms with Gasteiger partial charge in [-0.2, -0.15) is 0 Å². The van der Waals surface area contributed by atoms with Crippen molar-refractivity contribution in [2.24, 2.45) is 0 Å². The summed E-state index contributed by atoms with van der Waals surface area (Å²) in [6, 6.07) is 8.42. The van der Waals surface area contributed by atoms with Gasteiger partial charge in [0, 0.05) is 4.47 Å². The molecule has 0 aromatic heterocycles. The summed E-state index contributed by atoms with van der Waals surface area (Å²) in [5.74, 6) is -0.770. The highest BCUT2D eigenvalue weighted by atomic mass is 79.9. The summed E-state index contributed by atoms with van der Waals surface area (Å²) in [4.78, 5) is 22.4. The van der Waals surface area contributed by atoms with Gasteiger partial charge in [0.1, 0.15) is 17.3 Å². The number of hydrogen-bond donors (Lipinski definition) is 2. The molecule has 0 aliphatic heterocycles. The van der Waals surface area contributed by atoms with E-state index in [0.717, 1.165) is 0 Å². The first-order valence-corrected chi connectivity index (χ1v) is 7.51. The zero-order chi connectivity index (χ0) is 17.7. The van der Waals surface area contributed by atoms with E-state index in [9.17, 15) is 19.3 Å². The molecule has 9 heteroatoms. The summed E-state index contributed by atoms with van der Waals surface area (Å²) in [5, 5.41) is 16.1. The Hall–Kier alpha value is -2.68. The van der Waals surface area contributed by atoms with Gasteiger partial charge in [0.2, 0.25) is 5.91 Å². The molecule has 0 radical (unpaired) electrons. The summed E-state index contributed by atoms with van der Waals surface area (Å²) in [6.07, 6.45) is 0. The quantitative estimate of drug-likeness (QED) is 0.574. The molecule has 0 heterocycles. The summed E-state index contributed by atoms with van der Waals surface area (Å²) in [6.45, 7) is -0.248. The van der Waals surface area contributed by atoms with Crippen LogP contribution in [0.2, 0.25) is 0 Å². The second-order valence-corrected chi connectivity index (χ2v) is 5.58. The lowest BCUT2D eigenvalue weighted by Crippen LogP contribution is -2.22. The van der Waals surface area contributed by atoms with E-state index in [1.807, 2.05) is 0 Å². The second-order valence-electron chi connectivity index (χ2n) is 4.67. The van der Waals surface area contributed by atoms with E-state index in [0.29, 0.717) is 10.2 Å². The Bertz CT molecular complexity index is 785. The van der Waals surface area contributed by atoms with Crippen LogP contribution in [0.25, 0.3) is 0 Å². The molecule has 7 nitrogen and oxygen atoms in total. The van der Waals surface area contributed by atoms with Crippen molar-refractivity contribution < 1.29 is 18.8 Å². The van der Waals surface area contributed by atoms with Gasteiger partial charge in [0.15, 0.2) is 0 Å². The maximum absolute atomic E-state index is 13.7. The number of benzene rings is 2. The van der Waals surface area contributed by atoms with Crippen LogP contribution in [0.3, 0.4) is 0 Å². The number of amides is 1. The molecule has 0 atom stereocenters. The number of halogens is 2. The van der Waals surface area contributed by atoms with E-state index < -0.39 is 16.6 Å². The Morgan fingerprint density at radius 3 is 2.62 bits per heavy atom. The van der Waals surface area contributed by atoms with Crippen molar-refractivity contribution in [3.8, 4) is 5.75 Å². The van der Waals surface area contributed by atoms with Gasteiger partial charge in [-0.15, -0.1) is 0 Å². The van der Waals surface area contributed by atoms with E-state index in [2.05, 4.69) is 26.6 Å². The molecule has 126 valence electrons. The summed E-state index contributed by atoms with van der Waals surface area (Å²) >= 11 is 3.13. The maximum Gasteiger partial charge on any atom is 0.296 e. The number of hydrogen-bond acceptors (Lipinski definition) is 5. The van der Waals surface area contributed by atoms with E-state index in [-0.39, 0.29) is 23.6 Å². The van der Waals surface area contributed by atoms with E-state index in [1.54, 1.807) is 6.07 Å². The van der Waals surface area contributed by atoms with E-state index in [4.69, 9.17) is 4.74 Å². The van der Waals surface area contributed by atoms with Gasteiger partial charge in [0.25, 0.3) is 5.69 Å². The fourth-order valence-corrected chi connectivity index (χ4v) is 2.23. The molecule has 2 rings (SSSR count). The molecule has 2 N–H and O–H groups in total. The first kappa shape index (κ1) is 17.7.